The zero-order chi connectivity index (χ0) is 39.5. The van der Waals surface area contributed by atoms with E-state index >= 15 is 0 Å². The molecular formula is C35H58F6N8O4. The largest absolute Gasteiger partial charge is 0.444 e. The number of alkyl halides is 6. The third-order valence-electron chi connectivity index (χ3n) is 9.17. The van der Waals surface area contributed by atoms with Crippen molar-refractivity contribution in [3.8, 4) is 0 Å². The Morgan fingerprint density at radius 2 is 0.981 bits per heavy atom. The Bertz CT molecular complexity index is 1200. The lowest BCUT2D eigenvalue weighted by Crippen LogP contribution is -2.37. The Morgan fingerprint density at radius 3 is 1.30 bits per heavy atom. The van der Waals surface area contributed by atoms with Crippen molar-refractivity contribution < 1.29 is 45.4 Å². The van der Waals surface area contributed by atoms with E-state index in [0.717, 1.165) is 0 Å². The average molecular weight is 769 g/mol. The molecule has 0 spiro atoms. The predicted octanol–water partition coefficient (Wildman–Crippen LogP) is 8.07. The fourth-order valence-corrected chi connectivity index (χ4v) is 6.38. The summed E-state index contributed by atoms with van der Waals surface area (Å²) in [6, 6.07) is 0. The Balaban J connectivity index is 1.75. The summed E-state index contributed by atoms with van der Waals surface area (Å²) in [7, 11) is 0. The number of anilines is 3. The van der Waals surface area contributed by atoms with Gasteiger partial charge in [0.05, 0.1) is 11.8 Å². The van der Waals surface area contributed by atoms with E-state index in [9.17, 15) is 35.9 Å². The molecule has 1 heterocycles. The first kappa shape index (κ1) is 43.9. The molecule has 0 atom stereocenters. The highest BCUT2D eigenvalue weighted by atomic mass is 19.4. The van der Waals surface area contributed by atoms with Gasteiger partial charge in [-0.25, -0.2) is 9.59 Å². The molecule has 2 aliphatic carbocycles. The second-order valence-corrected chi connectivity index (χ2v) is 16.1. The lowest BCUT2D eigenvalue weighted by atomic mass is 9.81. The van der Waals surface area contributed by atoms with Crippen LogP contribution in [-0.4, -0.2) is 90.0 Å². The molecular weight excluding hydrogens is 710 g/mol. The third-order valence-corrected chi connectivity index (χ3v) is 9.17. The number of carbonyl (C=O) groups excluding carboxylic acids is 2. The van der Waals surface area contributed by atoms with E-state index in [1.165, 1.54) is 0 Å². The summed E-state index contributed by atoms with van der Waals surface area (Å²) >= 11 is 0. The topological polar surface area (TPSA) is 143 Å². The Labute approximate surface area is 308 Å². The standard InChI is InChI=1S/C35H58F6N8O4/c1-32(2,3)52-30(50)42-17-7-19-49(20-8-18-43-31(51)53-33(4,5)6)29-47-27(44-21-23-9-13-25(14-10-23)34(36,37)38)46-28(48-29)45-22-24-11-15-26(16-12-24)35(39,40)41/h23-26H,7-22H2,1-6H3,(H,42,50)(H,43,51)(H2,44,45,46,47,48). The van der Waals surface area contributed by atoms with Crippen LogP contribution in [0.5, 0.6) is 0 Å². The van der Waals surface area contributed by atoms with Gasteiger partial charge in [0.15, 0.2) is 0 Å². The molecule has 0 unspecified atom stereocenters. The molecule has 0 radical (unpaired) electrons. The highest BCUT2D eigenvalue weighted by Crippen LogP contribution is 2.40. The SMILES string of the molecule is CC(C)(C)OC(=O)NCCCN(CCCNC(=O)OC(C)(C)C)c1nc(NCC2CCC(C(F)(F)F)CC2)nc(NCC2CCC(C(F)(F)F)CC2)n1. The summed E-state index contributed by atoms with van der Waals surface area (Å²) in [6.45, 7) is 12.6. The molecule has 304 valence electrons. The number of nitrogens with one attached hydrogen (secondary N) is 4. The number of amides is 2. The fourth-order valence-electron chi connectivity index (χ4n) is 6.38. The molecule has 1 aromatic heterocycles. The first-order valence-corrected chi connectivity index (χ1v) is 18.6. The van der Waals surface area contributed by atoms with Crippen LogP contribution < -0.4 is 26.2 Å². The maximum atomic E-state index is 13.2. The molecule has 0 bridgehead atoms. The van der Waals surface area contributed by atoms with Gasteiger partial charge >= 0.3 is 24.5 Å². The summed E-state index contributed by atoms with van der Waals surface area (Å²) < 4.78 is 90.1. The van der Waals surface area contributed by atoms with Crippen LogP contribution in [-0.2, 0) is 9.47 Å². The highest BCUT2D eigenvalue weighted by Gasteiger charge is 2.42. The molecule has 12 nitrogen and oxygen atoms in total. The molecule has 2 amide bonds. The van der Waals surface area contributed by atoms with Crippen LogP contribution in [0.25, 0.3) is 0 Å². The molecule has 18 heteroatoms. The minimum Gasteiger partial charge on any atom is -0.444 e. The van der Waals surface area contributed by atoms with Crippen molar-refractivity contribution >= 4 is 30.0 Å². The predicted molar refractivity (Wildman–Crippen MR) is 190 cm³/mol. The van der Waals surface area contributed by atoms with Gasteiger partial charge in [-0.1, -0.05) is 0 Å². The van der Waals surface area contributed by atoms with Crippen LogP contribution in [0.1, 0.15) is 106 Å². The van der Waals surface area contributed by atoms with Crippen molar-refractivity contribution in [2.24, 2.45) is 23.7 Å². The van der Waals surface area contributed by atoms with E-state index in [2.05, 4.69) is 36.2 Å². The van der Waals surface area contributed by atoms with Crippen molar-refractivity contribution in [1.82, 2.24) is 25.6 Å². The number of hydrogen-bond acceptors (Lipinski definition) is 10. The normalized spacial score (nSPS) is 21.4. The van der Waals surface area contributed by atoms with Crippen molar-refractivity contribution in [1.29, 1.82) is 0 Å². The third kappa shape index (κ3) is 17.0. The zero-order valence-corrected chi connectivity index (χ0v) is 31.8. The molecule has 53 heavy (non-hydrogen) atoms. The zero-order valence-electron chi connectivity index (χ0n) is 31.8. The maximum Gasteiger partial charge on any atom is 0.407 e. The van der Waals surface area contributed by atoms with E-state index in [-0.39, 0.29) is 68.5 Å². The Kier molecular flexibility index (Phi) is 15.9. The molecule has 3 rings (SSSR count). The lowest BCUT2D eigenvalue weighted by Gasteiger charge is -2.30. The van der Waals surface area contributed by atoms with Gasteiger partial charge in [-0.3, -0.25) is 0 Å². The lowest BCUT2D eigenvalue weighted by molar-refractivity contribution is -0.184. The summed E-state index contributed by atoms with van der Waals surface area (Å²) in [5.41, 5.74) is -1.32. The van der Waals surface area contributed by atoms with Gasteiger partial charge in [0.1, 0.15) is 11.2 Å². The molecule has 1 aromatic rings. The van der Waals surface area contributed by atoms with Crippen LogP contribution in [0.15, 0.2) is 0 Å². The van der Waals surface area contributed by atoms with Crippen LogP contribution >= 0.6 is 0 Å². The van der Waals surface area contributed by atoms with E-state index in [0.29, 0.717) is 64.7 Å². The first-order valence-electron chi connectivity index (χ1n) is 18.6. The van der Waals surface area contributed by atoms with Gasteiger partial charge in [-0.2, -0.15) is 41.3 Å². The molecule has 2 aliphatic rings. The summed E-state index contributed by atoms with van der Waals surface area (Å²) in [5.74, 6) is -1.92. The number of rotatable bonds is 15. The fraction of sp³-hybridized carbons (Fsp3) is 0.857. The average Bonchev–Trinajstić information content (AvgIpc) is 3.03. The number of carbonyl (C=O) groups is 2. The number of halogens is 6. The Hall–Kier alpha value is -3.47. The van der Waals surface area contributed by atoms with Crippen LogP contribution in [0.3, 0.4) is 0 Å². The monoisotopic (exact) mass is 768 g/mol. The number of ether oxygens (including phenoxy) is 2. The van der Waals surface area contributed by atoms with Crippen molar-refractivity contribution in [2.75, 3.05) is 54.8 Å². The second kappa shape index (κ2) is 19.2. The number of hydrogen-bond donors (Lipinski definition) is 4. The van der Waals surface area contributed by atoms with E-state index in [1.807, 2.05) is 4.90 Å². The molecule has 0 aromatic carbocycles. The van der Waals surface area contributed by atoms with E-state index in [1.54, 1.807) is 41.5 Å². The van der Waals surface area contributed by atoms with Crippen molar-refractivity contribution in [2.45, 2.75) is 129 Å². The van der Waals surface area contributed by atoms with Gasteiger partial charge < -0.3 is 35.6 Å². The second-order valence-electron chi connectivity index (χ2n) is 16.1. The van der Waals surface area contributed by atoms with E-state index < -0.39 is 47.6 Å². The Morgan fingerprint density at radius 1 is 0.623 bits per heavy atom. The summed E-state index contributed by atoms with van der Waals surface area (Å²) in [5, 5.41) is 11.8. The minimum atomic E-state index is -4.21. The highest BCUT2D eigenvalue weighted by molar-refractivity contribution is 5.68. The number of aromatic nitrogens is 3. The molecule has 2 saturated carbocycles. The van der Waals surface area contributed by atoms with Crippen LogP contribution in [0, 0.1) is 23.7 Å². The minimum absolute atomic E-state index is 0.0111. The summed E-state index contributed by atoms with van der Waals surface area (Å²) in [4.78, 5) is 40.1. The van der Waals surface area contributed by atoms with Crippen LogP contribution in [0.4, 0.5) is 53.8 Å². The van der Waals surface area contributed by atoms with Crippen LogP contribution in [0.2, 0.25) is 0 Å². The molecule has 0 aliphatic heterocycles. The van der Waals surface area contributed by atoms with E-state index in [4.69, 9.17) is 9.47 Å². The quantitative estimate of drug-likeness (QED) is 0.102. The maximum absolute atomic E-state index is 13.2. The molecule has 2 fully saturated rings. The van der Waals surface area contributed by atoms with Crippen molar-refractivity contribution in [3.63, 3.8) is 0 Å². The van der Waals surface area contributed by atoms with Gasteiger partial charge in [-0.05, 0) is 118 Å². The smallest absolute Gasteiger partial charge is 0.407 e. The van der Waals surface area contributed by atoms with Gasteiger partial charge in [0.2, 0.25) is 17.8 Å². The van der Waals surface area contributed by atoms with Gasteiger partial charge in [0.25, 0.3) is 0 Å². The number of alkyl carbamates (subject to hydrolysis) is 2. The van der Waals surface area contributed by atoms with Gasteiger partial charge in [-0.15, -0.1) is 0 Å². The molecule has 0 saturated heterocycles. The van der Waals surface area contributed by atoms with Crippen molar-refractivity contribution in [3.05, 3.63) is 0 Å². The number of nitrogens with zero attached hydrogens (tertiary/aromatic N) is 4. The molecule has 4 N–H and O–H groups in total. The summed E-state index contributed by atoms with van der Waals surface area (Å²) in [6.07, 6.45) is -6.72. The first-order chi connectivity index (χ1) is 24.6. The van der Waals surface area contributed by atoms with Gasteiger partial charge in [0, 0.05) is 39.3 Å².